The van der Waals surface area contributed by atoms with Gasteiger partial charge in [-0.3, -0.25) is 0 Å². The Hall–Kier alpha value is 0.331. The van der Waals surface area contributed by atoms with Crippen LogP contribution in [-0.2, 0) is 35.4 Å². The van der Waals surface area contributed by atoms with Crippen molar-refractivity contribution in [1.82, 2.24) is 0 Å². The van der Waals surface area contributed by atoms with Gasteiger partial charge in [0.1, 0.15) is 0 Å². The van der Waals surface area contributed by atoms with E-state index in [1.165, 1.54) is 0 Å². The first kappa shape index (κ1) is 29.3. The van der Waals surface area contributed by atoms with E-state index >= 15 is 0 Å². The van der Waals surface area contributed by atoms with Crippen LogP contribution in [0.1, 0.15) is 55.4 Å². The molecule has 0 N–H and O–H groups in total. The molecule has 0 rings (SSSR count). The van der Waals surface area contributed by atoms with Crippen LogP contribution in [0.5, 0.6) is 0 Å². The van der Waals surface area contributed by atoms with Crippen molar-refractivity contribution in [2.45, 2.75) is 66.7 Å². The molecule has 29 heavy (non-hydrogen) atoms. The largest absolute Gasteiger partial charge is 0.502 e. The summed E-state index contributed by atoms with van der Waals surface area (Å²) in [6.07, 6.45) is 0. The zero-order valence-corrected chi connectivity index (χ0v) is 22.8. The Labute approximate surface area is 181 Å². The Morgan fingerprint density at radius 3 is 0.724 bits per heavy atom. The van der Waals surface area contributed by atoms with E-state index in [2.05, 4.69) is 0 Å². The van der Waals surface area contributed by atoms with Gasteiger partial charge in [-0.15, -0.1) is 0 Å². The first-order valence-electron chi connectivity index (χ1n) is 11.0. The maximum absolute atomic E-state index is 6.37. The molecule has 0 fully saturated rings. The summed E-state index contributed by atoms with van der Waals surface area (Å²) in [6.45, 7) is 19.6. The van der Waals surface area contributed by atoms with Gasteiger partial charge in [0.2, 0.25) is 0 Å². The van der Waals surface area contributed by atoms with Gasteiger partial charge in [-0.25, -0.2) is 0 Å². The number of rotatable bonds is 20. The molecule has 0 saturated heterocycles. The molecule has 0 aliphatic heterocycles. The SMILES string of the molecule is CCO[Si](C[Si](OCC)(OCC)OCC)(C[Si](OCC)(OCC)OCC)OCC. The summed E-state index contributed by atoms with van der Waals surface area (Å²) >= 11 is 0. The Balaban J connectivity index is 6.16. The van der Waals surface area contributed by atoms with Crippen molar-refractivity contribution in [2.75, 3.05) is 52.9 Å². The van der Waals surface area contributed by atoms with Crippen molar-refractivity contribution < 1.29 is 35.4 Å². The quantitative estimate of drug-likeness (QED) is 0.248. The third-order valence-electron chi connectivity index (χ3n) is 3.97. The highest BCUT2D eigenvalue weighted by Crippen LogP contribution is 2.33. The van der Waals surface area contributed by atoms with Gasteiger partial charge in [0.15, 0.2) is 0 Å². The van der Waals surface area contributed by atoms with E-state index in [1.54, 1.807) is 0 Å². The maximum Gasteiger partial charge on any atom is 0.502 e. The Bertz CT molecular complexity index is 333. The van der Waals surface area contributed by atoms with Crippen LogP contribution in [0.3, 0.4) is 0 Å². The monoisotopic (exact) mass is 472 g/mol. The molecule has 0 radical (unpaired) electrons. The first-order chi connectivity index (χ1) is 13.9. The van der Waals surface area contributed by atoms with Crippen molar-refractivity contribution in [3.8, 4) is 0 Å². The highest BCUT2D eigenvalue weighted by Gasteiger charge is 2.60. The molecule has 0 atom stereocenters. The minimum atomic E-state index is -3.01. The third kappa shape index (κ3) is 9.99. The minimum absolute atomic E-state index is 0.471. The van der Waals surface area contributed by atoms with Crippen LogP contribution < -0.4 is 0 Å². The van der Waals surface area contributed by atoms with Gasteiger partial charge < -0.3 is 35.4 Å². The Morgan fingerprint density at radius 1 is 0.345 bits per heavy atom. The zero-order chi connectivity index (χ0) is 22.2. The van der Waals surface area contributed by atoms with Crippen molar-refractivity contribution in [3.63, 3.8) is 0 Å². The third-order valence-corrected chi connectivity index (χ3v) is 17.7. The second kappa shape index (κ2) is 16.0. The summed E-state index contributed by atoms with van der Waals surface area (Å²) in [5.41, 5.74) is 0.943. The van der Waals surface area contributed by atoms with Crippen LogP contribution in [0.2, 0.25) is 11.3 Å². The fourth-order valence-corrected chi connectivity index (χ4v) is 18.6. The lowest BCUT2D eigenvalue weighted by Gasteiger charge is -2.40. The second-order valence-corrected chi connectivity index (χ2v) is 15.8. The molecule has 0 spiro atoms. The summed E-state index contributed by atoms with van der Waals surface area (Å²) in [5, 5.41) is 0. The summed E-state index contributed by atoms with van der Waals surface area (Å²) in [5.74, 6) is 0. The summed E-state index contributed by atoms with van der Waals surface area (Å²) in [6, 6.07) is 0. The topological polar surface area (TPSA) is 73.8 Å². The van der Waals surface area contributed by atoms with Gasteiger partial charge in [0.05, 0.1) is 11.3 Å². The van der Waals surface area contributed by atoms with Crippen molar-refractivity contribution >= 4 is 26.2 Å². The fourth-order valence-electron chi connectivity index (χ4n) is 3.37. The van der Waals surface area contributed by atoms with E-state index in [4.69, 9.17) is 35.4 Å². The summed E-state index contributed by atoms with van der Waals surface area (Å²) < 4.78 is 49.4. The van der Waals surface area contributed by atoms with Gasteiger partial charge in [-0.1, -0.05) is 0 Å². The molecule has 0 bridgehead atoms. The standard InChI is InChI=1S/C18H44O8Si3/c1-9-19-27(20-10-2,17-28(21-11-3,22-12-4)23-13-5)18-29(24-14-6,25-15-7)26-16-8/h9-18H2,1-8H3. The van der Waals surface area contributed by atoms with Crippen LogP contribution in [0.15, 0.2) is 0 Å². The van der Waals surface area contributed by atoms with Gasteiger partial charge in [-0.05, 0) is 55.4 Å². The average Bonchev–Trinajstić information content (AvgIpc) is 2.63. The molecule has 0 aromatic carbocycles. The molecule has 0 heterocycles. The molecule has 11 heteroatoms. The lowest BCUT2D eigenvalue weighted by atomic mass is 10.9. The van der Waals surface area contributed by atoms with Crippen LogP contribution in [-0.4, -0.2) is 79.0 Å². The average molecular weight is 473 g/mol. The van der Waals surface area contributed by atoms with E-state index < -0.39 is 26.2 Å². The van der Waals surface area contributed by atoms with Crippen molar-refractivity contribution in [2.24, 2.45) is 0 Å². The predicted molar refractivity (Wildman–Crippen MR) is 120 cm³/mol. The van der Waals surface area contributed by atoms with E-state index in [0.29, 0.717) is 64.2 Å². The molecule has 0 aromatic rings. The Morgan fingerprint density at radius 2 is 0.552 bits per heavy atom. The molecular weight excluding hydrogens is 428 g/mol. The molecule has 8 nitrogen and oxygen atoms in total. The van der Waals surface area contributed by atoms with Crippen LogP contribution in [0.25, 0.3) is 0 Å². The van der Waals surface area contributed by atoms with Gasteiger partial charge in [0, 0.05) is 52.9 Å². The molecule has 0 amide bonds. The molecule has 176 valence electrons. The van der Waals surface area contributed by atoms with Gasteiger partial charge in [0.25, 0.3) is 0 Å². The van der Waals surface area contributed by atoms with Crippen LogP contribution >= 0.6 is 0 Å². The van der Waals surface area contributed by atoms with Gasteiger partial charge in [-0.2, -0.15) is 0 Å². The smallest absolute Gasteiger partial charge is 0.395 e. The molecule has 0 aliphatic carbocycles. The summed E-state index contributed by atoms with van der Waals surface area (Å²) in [4.78, 5) is 0. The van der Waals surface area contributed by atoms with Crippen LogP contribution in [0, 0.1) is 0 Å². The molecule has 0 aromatic heterocycles. The Kier molecular flexibility index (Phi) is 16.2. The summed E-state index contributed by atoms with van der Waals surface area (Å²) in [7, 11) is -8.93. The number of hydrogen-bond donors (Lipinski definition) is 0. The minimum Gasteiger partial charge on any atom is -0.395 e. The normalized spacial score (nSPS) is 13.2. The molecule has 0 saturated carbocycles. The number of hydrogen-bond acceptors (Lipinski definition) is 8. The fraction of sp³-hybridized carbons (Fsp3) is 1.00. The molecule has 0 unspecified atom stereocenters. The maximum atomic E-state index is 6.37. The van der Waals surface area contributed by atoms with E-state index in [9.17, 15) is 0 Å². The lowest BCUT2D eigenvalue weighted by molar-refractivity contribution is 0.0641. The van der Waals surface area contributed by atoms with E-state index in [-0.39, 0.29) is 0 Å². The highest BCUT2D eigenvalue weighted by atomic mass is 28.5. The second-order valence-electron chi connectivity index (χ2n) is 6.09. The highest BCUT2D eigenvalue weighted by molar-refractivity contribution is 6.90. The van der Waals surface area contributed by atoms with Crippen molar-refractivity contribution in [1.29, 1.82) is 0 Å². The van der Waals surface area contributed by atoms with Gasteiger partial charge >= 0.3 is 26.2 Å². The molecular formula is C18H44O8Si3. The van der Waals surface area contributed by atoms with E-state index in [1.807, 2.05) is 55.4 Å². The van der Waals surface area contributed by atoms with Crippen molar-refractivity contribution in [3.05, 3.63) is 0 Å². The first-order valence-corrected chi connectivity index (χ1v) is 17.1. The molecule has 0 aliphatic rings. The van der Waals surface area contributed by atoms with E-state index in [0.717, 1.165) is 0 Å². The lowest BCUT2D eigenvalue weighted by Crippen LogP contribution is -2.62. The zero-order valence-electron chi connectivity index (χ0n) is 19.8. The van der Waals surface area contributed by atoms with Crippen LogP contribution in [0.4, 0.5) is 0 Å². The predicted octanol–water partition coefficient (Wildman–Crippen LogP) is 3.68.